The summed E-state index contributed by atoms with van der Waals surface area (Å²) in [5.74, 6) is 6.81. The number of fused-ring (bicyclic) bond motifs is 7. The van der Waals surface area contributed by atoms with Crippen molar-refractivity contribution in [2.75, 3.05) is 0 Å². The number of aromatic nitrogens is 5. The second-order valence-corrected chi connectivity index (χ2v) is 19.5. The van der Waals surface area contributed by atoms with E-state index in [0.29, 0.717) is 11.8 Å². The Morgan fingerprint density at radius 1 is 0.545 bits per heavy atom. The minimum atomic E-state index is 0.320. The summed E-state index contributed by atoms with van der Waals surface area (Å²) in [5.41, 5.74) is 11.4. The van der Waals surface area contributed by atoms with Gasteiger partial charge >= 0.3 is 0 Å². The maximum absolute atomic E-state index is 7.27. The highest BCUT2D eigenvalue weighted by molar-refractivity contribution is 6.13. The number of benzene rings is 7. The number of ether oxygens (including phenoxy) is 1. The van der Waals surface area contributed by atoms with Gasteiger partial charge in [0.05, 0.1) is 51.5 Å². The lowest BCUT2D eigenvalue weighted by atomic mass is 9.48. The molecule has 0 saturated heterocycles. The molecular weight excluding hydrogens is 807 g/mol. The van der Waals surface area contributed by atoms with Crippen LogP contribution in [-0.4, -0.2) is 18.7 Å². The maximum atomic E-state index is 7.27. The van der Waals surface area contributed by atoms with Crippen molar-refractivity contribution in [3.05, 3.63) is 200 Å². The molecule has 11 aromatic rings. The van der Waals surface area contributed by atoms with Gasteiger partial charge in [0.25, 0.3) is 0 Å². The van der Waals surface area contributed by atoms with Crippen LogP contribution in [-0.2, 0) is 7.05 Å². The van der Waals surface area contributed by atoms with Crippen molar-refractivity contribution in [1.29, 1.82) is 0 Å². The van der Waals surface area contributed by atoms with E-state index >= 15 is 0 Å². The third-order valence-corrected chi connectivity index (χ3v) is 15.8. The SMILES string of the molecule is C[n+]1[c-]n(-c2cccc(Oc3cc4c(cc3-n3c5ccccc5c5ccccc53)c3ccccc3n4-c3cc(C(c4ccccc4)C4C5CC6CC(C5)CC4C6)ccn3)c2)c2ccccc21. The molecule has 4 saturated carbocycles. The van der Waals surface area contributed by atoms with Gasteiger partial charge in [-0.1, -0.05) is 121 Å². The predicted octanol–water partition coefficient (Wildman–Crippen LogP) is 13.8. The molecule has 0 aliphatic heterocycles. The first-order valence-electron chi connectivity index (χ1n) is 23.9. The fourth-order valence-electron chi connectivity index (χ4n) is 13.4. The van der Waals surface area contributed by atoms with Crippen LogP contribution in [0.2, 0.25) is 0 Å². The van der Waals surface area contributed by atoms with Crippen LogP contribution in [0.25, 0.3) is 71.8 Å². The van der Waals surface area contributed by atoms with Crippen molar-refractivity contribution in [1.82, 2.24) is 18.7 Å². The van der Waals surface area contributed by atoms with Crippen molar-refractivity contribution < 1.29 is 9.30 Å². The van der Waals surface area contributed by atoms with Crippen LogP contribution < -0.4 is 9.30 Å². The molecular formula is C60H49N5O. The van der Waals surface area contributed by atoms with Gasteiger partial charge in [-0.25, -0.2) is 4.98 Å². The monoisotopic (exact) mass is 855 g/mol. The summed E-state index contributed by atoms with van der Waals surface area (Å²) in [5, 5.41) is 4.75. The van der Waals surface area contributed by atoms with Gasteiger partial charge in [-0.15, -0.1) is 0 Å². The zero-order valence-electron chi connectivity index (χ0n) is 37.0. The Kier molecular flexibility index (Phi) is 8.49. The summed E-state index contributed by atoms with van der Waals surface area (Å²) < 4.78 is 16.2. The van der Waals surface area contributed by atoms with Gasteiger partial charge in [0.15, 0.2) is 5.75 Å². The van der Waals surface area contributed by atoms with Gasteiger partial charge in [0.2, 0.25) is 6.33 Å². The Hall–Kier alpha value is -7.44. The first-order valence-corrected chi connectivity index (χ1v) is 23.9. The highest BCUT2D eigenvalue weighted by Gasteiger charge is 2.51. The maximum Gasteiger partial charge on any atom is 0.244 e. The number of hydrogen-bond donors (Lipinski definition) is 0. The standard InChI is InChI=1S/C60H49N5O/c1-62-37-63(54-25-12-11-24-53(54)62)44-16-13-17-45(34-44)66-57-36-55-49(35-56(57)64-50-21-8-5-18-46(50)47-19-6-9-22-51(47)64)48-20-7-10-23-52(48)65(55)58-33-41(26-27-61-58)59(40-14-3-2-4-15-40)60-42-29-38-28-39(31-42)32-43(60)30-38/h2-27,33-36,38-39,42-43,59-60H,28-32H2,1H3. The molecule has 6 heteroatoms. The van der Waals surface area contributed by atoms with E-state index in [1.54, 1.807) is 0 Å². The van der Waals surface area contributed by atoms with Crippen LogP contribution in [0.4, 0.5) is 0 Å². The molecule has 4 aromatic heterocycles. The molecule has 7 aromatic carbocycles. The highest BCUT2D eigenvalue weighted by atomic mass is 16.5. The number of rotatable bonds is 8. The van der Waals surface area contributed by atoms with E-state index in [1.165, 1.54) is 59.4 Å². The van der Waals surface area contributed by atoms with Gasteiger partial charge in [-0.2, -0.15) is 0 Å². The fraction of sp³-hybridized carbons (Fsp3) is 0.200. The molecule has 320 valence electrons. The molecule has 4 fully saturated rings. The molecule has 0 radical (unpaired) electrons. The second kappa shape index (κ2) is 14.8. The Bertz CT molecular complexity index is 3610. The topological polar surface area (TPSA) is 40.8 Å². The molecule has 1 unspecified atom stereocenters. The summed E-state index contributed by atoms with van der Waals surface area (Å²) in [6.45, 7) is 0. The number of pyridine rings is 1. The predicted molar refractivity (Wildman–Crippen MR) is 265 cm³/mol. The summed E-state index contributed by atoms with van der Waals surface area (Å²) in [7, 11) is 2.04. The van der Waals surface area contributed by atoms with Crippen molar-refractivity contribution in [3.63, 3.8) is 0 Å². The summed E-state index contributed by atoms with van der Waals surface area (Å²) in [4.78, 5) is 5.24. The molecule has 15 rings (SSSR count). The molecule has 4 bridgehead atoms. The Balaban J connectivity index is 0.979. The lowest BCUT2D eigenvalue weighted by Crippen LogP contribution is -2.47. The third-order valence-electron chi connectivity index (χ3n) is 15.8. The van der Waals surface area contributed by atoms with Gasteiger partial charge in [0.1, 0.15) is 11.6 Å². The van der Waals surface area contributed by atoms with E-state index < -0.39 is 0 Å². The Morgan fingerprint density at radius 3 is 1.88 bits per heavy atom. The summed E-state index contributed by atoms with van der Waals surface area (Å²) >= 11 is 0. The molecule has 0 amide bonds. The van der Waals surface area contributed by atoms with Crippen LogP contribution in [0.3, 0.4) is 0 Å². The summed E-state index contributed by atoms with van der Waals surface area (Å²) in [6, 6.07) is 63.8. The first-order chi connectivity index (χ1) is 32.6. The average molecular weight is 856 g/mol. The van der Waals surface area contributed by atoms with Gasteiger partial charge in [0, 0.05) is 39.7 Å². The van der Waals surface area contributed by atoms with E-state index in [2.05, 4.69) is 202 Å². The number of imidazole rings is 1. The van der Waals surface area contributed by atoms with E-state index in [0.717, 1.165) is 90.8 Å². The van der Waals surface area contributed by atoms with Gasteiger partial charge < -0.3 is 18.4 Å². The molecule has 4 aliphatic rings. The van der Waals surface area contributed by atoms with Crippen molar-refractivity contribution in [3.8, 4) is 28.7 Å². The van der Waals surface area contributed by atoms with Crippen LogP contribution in [0.5, 0.6) is 11.5 Å². The smallest absolute Gasteiger partial charge is 0.244 e. The minimum absolute atomic E-state index is 0.320. The molecule has 4 heterocycles. The van der Waals surface area contributed by atoms with Crippen molar-refractivity contribution in [2.24, 2.45) is 36.6 Å². The molecule has 0 N–H and O–H groups in total. The second-order valence-electron chi connectivity index (χ2n) is 19.5. The molecule has 0 spiro atoms. The first kappa shape index (κ1) is 37.9. The van der Waals surface area contributed by atoms with E-state index in [4.69, 9.17) is 9.72 Å². The molecule has 66 heavy (non-hydrogen) atoms. The lowest BCUT2D eigenvalue weighted by Gasteiger charge is -2.56. The minimum Gasteiger partial charge on any atom is -0.456 e. The lowest BCUT2D eigenvalue weighted by molar-refractivity contribution is -0.649. The van der Waals surface area contributed by atoms with Crippen LogP contribution in [0.1, 0.15) is 49.1 Å². The number of para-hydroxylation sites is 5. The van der Waals surface area contributed by atoms with Crippen molar-refractivity contribution >= 4 is 54.6 Å². The van der Waals surface area contributed by atoms with Gasteiger partial charge in [-0.3, -0.25) is 4.57 Å². The van der Waals surface area contributed by atoms with E-state index in [1.807, 2.05) is 11.6 Å². The number of nitrogens with zero attached hydrogens (tertiary/aromatic N) is 5. The fourth-order valence-corrected chi connectivity index (χ4v) is 13.4. The van der Waals surface area contributed by atoms with Crippen LogP contribution in [0.15, 0.2) is 182 Å². The highest BCUT2D eigenvalue weighted by Crippen LogP contribution is 2.61. The largest absolute Gasteiger partial charge is 0.456 e. The normalized spacial score (nSPS) is 20.6. The van der Waals surface area contributed by atoms with Gasteiger partial charge in [-0.05, 0) is 121 Å². The Labute approximate surface area is 384 Å². The molecule has 6 nitrogen and oxygen atoms in total. The molecule has 4 aliphatic carbocycles. The van der Waals surface area contributed by atoms with Crippen LogP contribution >= 0.6 is 0 Å². The van der Waals surface area contributed by atoms with E-state index in [9.17, 15) is 0 Å². The number of hydrogen-bond acceptors (Lipinski definition) is 2. The Morgan fingerprint density at radius 2 is 1.17 bits per heavy atom. The van der Waals surface area contributed by atoms with Crippen molar-refractivity contribution in [2.45, 2.75) is 38.0 Å². The quantitative estimate of drug-likeness (QED) is 0.113. The molecule has 1 atom stereocenters. The summed E-state index contributed by atoms with van der Waals surface area (Å²) in [6.07, 6.45) is 12.6. The zero-order chi connectivity index (χ0) is 43.5. The van der Waals surface area contributed by atoms with E-state index in [-0.39, 0.29) is 0 Å². The zero-order valence-corrected chi connectivity index (χ0v) is 37.0. The van der Waals surface area contributed by atoms with Crippen LogP contribution in [0, 0.1) is 35.9 Å². The third kappa shape index (κ3) is 5.86. The number of aryl methyl sites for hydroxylation is 1. The average Bonchev–Trinajstić information content (AvgIpc) is 3.99.